The highest BCUT2D eigenvalue weighted by Gasteiger charge is 2.22. The van der Waals surface area contributed by atoms with Gasteiger partial charge in [-0.3, -0.25) is 0 Å². The first-order chi connectivity index (χ1) is 12.1. The normalized spacial score (nSPS) is 16.0. The van der Waals surface area contributed by atoms with Crippen molar-refractivity contribution in [3.8, 4) is 11.5 Å². The Morgan fingerprint density at radius 3 is 2.96 bits per heavy atom. The lowest BCUT2D eigenvalue weighted by Gasteiger charge is -2.26. The number of anilines is 1. The van der Waals surface area contributed by atoms with E-state index in [4.69, 9.17) is 9.47 Å². The van der Waals surface area contributed by atoms with Crippen molar-refractivity contribution in [3.63, 3.8) is 0 Å². The first-order valence-corrected chi connectivity index (χ1v) is 8.55. The number of ether oxygens (including phenoxy) is 2. The molecule has 0 fully saturated rings. The lowest BCUT2D eigenvalue weighted by Crippen LogP contribution is -2.35. The third-order valence-electron chi connectivity index (χ3n) is 3.99. The zero-order valence-corrected chi connectivity index (χ0v) is 14.2. The number of nitrogens with zero attached hydrogens (tertiary/aromatic N) is 2. The first kappa shape index (κ1) is 15.6. The first-order valence-electron chi connectivity index (χ1n) is 7.73. The van der Waals surface area contributed by atoms with E-state index < -0.39 is 5.97 Å². The molecule has 3 aromatic rings. The molecule has 4 rings (SSSR count). The molecule has 0 unspecified atom stereocenters. The van der Waals surface area contributed by atoms with Crippen LogP contribution in [0.25, 0.3) is 10.2 Å². The minimum atomic E-state index is -0.952. The summed E-state index contributed by atoms with van der Waals surface area (Å²) in [6.45, 7) is 2.69. The summed E-state index contributed by atoms with van der Waals surface area (Å²) >= 11 is 1.15. The van der Waals surface area contributed by atoms with Crippen molar-refractivity contribution in [2.45, 2.75) is 13.0 Å². The second-order valence-electron chi connectivity index (χ2n) is 5.64. The van der Waals surface area contributed by atoms with E-state index in [0.717, 1.165) is 22.5 Å². The maximum Gasteiger partial charge on any atom is 0.346 e. The Balaban J connectivity index is 1.55. The van der Waals surface area contributed by atoms with Gasteiger partial charge in [-0.2, -0.15) is 0 Å². The summed E-state index contributed by atoms with van der Waals surface area (Å²) in [5.74, 6) is 1.11. The molecule has 1 atom stereocenters. The predicted molar refractivity (Wildman–Crippen MR) is 94.0 cm³/mol. The molecule has 2 aromatic heterocycles. The summed E-state index contributed by atoms with van der Waals surface area (Å²) in [5, 5.41) is 13.3. The number of carbonyl (C=O) groups is 1. The van der Waals surface area contributed by atoms with Gasteiger partial charge in [0.1, 0.15) is 34.6 Å². The van der Waals surface area contributed by atoms with Crippen LogP contribution in [-0.2, 0) is 0 Å². The van der Waals surface area contributed by atoms with Crippen LogP contribution in [0.4, 0.5) is 5.82 Å². The molecule has 0 saturated carbocycles. The van der Waals surface area contributed by atoms with Crippen molar-refractivity contribution in [1.29, 1.82) is 0 Å². The Morgan fingerprint density at radius 2 is 2.16 bits per heavy atom. The number of para-hydroxylation sites is 2. The summed E-state index contributed by atoms with van der Waals surface area (Å²) in [6.07, 6.45) is 1.26. The molecule has 3 heterocycles. The molecule has 128 valence electrons. The van der Waals surface area contributed by atoms with Crippen LogP contribution in [0, 0.1) is 6.92 Å². The molecule has 2 N–H and O–H groups in total. The minimum Gasteiger partial charge on any atom is -0.486 e. The molecule has 7 nitrogen and oxygen atoms in total. The van der Waals surface area contributed by atoms with Gasteiger partial charge in [-0.1, -0.05) is 12.1 Å². The summed E-state index contributed by atoms with van der Waals surface area (Å²) in [5.41, 5.74) is 0.668. The van der Waals surface area contributed by atoms with Gasteiger partial charge in [0.15, 0.2) is 11.5 Å². The Kier molecular flexibility index (Phi) is 3.89. The molecule has 0 radical (unpaired) electrons. The van der Waals surface area contributed by atoms with Crippen LogP contribution < -0.4 is 14.8 Å². The van der Waals surface area contributed by atoms with Gasteiger partial charge in [0.05, 0.1) is 11.9 Å². The highest BCUT2D eigenvalue weighted by Crippen LogP contribution is 2.34. The zero-order valence-electron chi connectivity index (χ0n) is 13.4. The summed E-state index contributed by atoms with van der Waals surface area (Å²) in [4.78, 5) is 20.7. The predicted octanol–water partition coefficient (Wildman–Crippen LogP) is 2.95. The molecular weight excluding hydrogens is 342 g/mol. The van der Waals surface area contributed by atoms with Gasteiger partial charge in [-0.05, 0) is 24.6 Å². The molecule has 0 bridgehead atoms. The Labute approximate surface area is 147 Å². The lowest BCUT2D eigenvalue weighted by molar-refractivity contribution is 0.0701. The third kappa shape index (κ3) is 2.85. The number of aromatic nitrogens is 2. The van der Waals surface area contributed by atoms with Gasteiger partial charge < -0.3 is 19.9 Å². The van der Waals surface area contributed by atoms with Gasteiger partial charge in [-0.25, -0.2) is 14.8 Å². The van der Waals surface area contributed by atoms with E-state index in [0.29, 0.717) is 35.1 Å². The minimum absolute atomic E-state index is 0.169. The number of rotatable bonds is 4. The van der Waals surface area contributed by atoms with Crippen molar-refractivity contribution in [2.75, 3.05) is 18.5 Å². The maximum atomic E-state index is 11.3. The third-order valence-corrected chi connectivity index (χ3v) is 5.17. The highest BCUT2D eigenvalue weighted by molar-refractivity contribution is 7.20. The van der Waals surface area contributed by atoms with Crippen molar-refractivity contribution in [1.82, 2.24) is 9.97 Å². The number of aryl methyl sites for hydroxylation is 1. The molecule has 8 heteroatoms. The number of benzene rings is 1. The Bertz CT molecular complexity index is 956. The summed E-state index contributed by atoms with van der Waals surface area (Å²) in [7, 11) is 0. The molecule has 1 aliphatic heterocycles. The monoisotopic (exact) mass is 357 g/mol. The quantitative estimate of drug-likeness (QED) is 0.741. The standard InChI is InChI=1S/C17H15N3O4S/c1-9-13-15(19-8-20-16(13)25-14(9)17(21)22)18-6-10-7-23-11-4-2-3-5-12(11)24-10/h2-5,8,10H,6-7H2,1H3,(H,21,22)(H,18,19,20)/t10-/m1/s1. The fourth-order valence-electron chi connectivity index (χ4n) is 2.78. The number of carboxylic acid groups (broad SMARTS) is 1. The maximum absolute atomic E-state index is 11.3. The molecule has 1 aromatic carbocycles. The second-order valence-corrected chi connectivity index (χ2v) is 6.64. The smallest absolute Gasteiger partial charge is 0.346 e. The number of thiophene rings is 1. The average Bonchev–Trinajstić information content (AvgIpc) is 2.97. The van der Waals surface area contributed by atoms with Crippen molar-refractivity contribution in [3.05, 3.63) is 41.0 Å². The Morgan fingerprint density at radius 1 is 1.36 bits per heavy atom. The van der Waals surface area contributed by atoms with Crippen molar-refractivity contribution < 1.29 is 19.4 Å². The van der Waals surface area contributed by atoms with E-state index >= 15 is 0 Å². The van der Waals surface area contributed by atoms with Gasteiger partial charge in [-0.15, -0.1) is 11.3 Å². The largest absolute Gasteiger partial charge is 0.486 e. The Hall–Kier alpha value is -2.87. The van der Waals surface area contributed by atoms with E-state index in [9.17, 15) is 9.90 Å². The number of aromatic carboxylic acids is 1. The van der Waals surface area contributed by atoms with Gasteiger partial charge in [0, 0.05) is 0 Å². The molecule has 0 amide bonds. The van der Waals surface area contributed by atoms with E-state index in [1.165, 1.54) is 6.33 Å². The zero-order chi connectivity index (χ0) is 17.4. The fraction of sp³-hybridized carbons (Fsp3) is 0.235. The van der Waals surface area contributed by atoms with Crippen molar-refractivity contribution in [2.24, 2.45) is 0 Å². The number of nitrogens with one attached hydrogen (secondary N) is 1. The summed E-state index contributed by atoms with van der Waals surface area (Å²) < 4.78 is 11.6. The summed E-state index contributed by atoms with van der Waals surface area (Å²) in [6, 6.07) is 7.54. The van der Waals surface area contributed by atoms with Crippen LogP contribution in [-0.4, -0.2) is 40.3 Å². The molecule has 0 saturated heterocycles. The van der Waals surface area contributed by atoms with E-state index in [-0.39, 0.29) is 11.0 Å². The van der Waals surface area contributed by atoms with Crippen LogP contribution >= 0.6 is 11.3 Å². The van der Waals surface area contributed by atoms with E-state index in [1.807, 2.05) is 24.3 Å². The highest BCUT2D eigenvalue weighted by atomic mass is 32.1. The number of hydrogen-bond acceptors (Lipinski definition) is 7. The molecule has 0 aliphatic carbocycles. The van der Waals surface area contributed by atoms with Crippen LogP contribution in [0.2, 0.25) is 0 Å². The van der Waals surface area contributed by atoms with E-state index in [2.05, 4.69) is 15.3 Å². The average molecular weight is 357 g/mol. The molecule has 1 aliphatic rings. The number of fused-ring (bicyclic) bond motifs is 2. The van der Waals surface area contributed by atoms with Gasteiger partial charge >= 0.3 is 5.97 Å². The van der Waals surface area contributed by atoms with E-state index in [1.54, 1.807) is 6.92 Å². The van der Waals surface area contributed by atoms with Gasteiger partial charge in [0.25, 0.3) is 0 Å². The molecule has 25 heavy (non-hydrogen) atoms. The molecule has 0 spiro atoms. The number of hydrogen-bond donors (Lipinski definition) is 2. The van der Waals surface area contributed by atoms with Crippen LogP contribution in [0.1, 0.15) is 15.2 Å². The van der Waals surface area contributed by atoms with Crippen molar-refractivity contribution >= 4 is 33.3 Å². The second kappa shape index (κ2) is 6.21. The topological polar surface area (TPSA) is 93.6 Å². The molecular formula is C17H15N3O4S. The SMILES string of the molecule is Cc1c(C(=O)O)sc2ncnc(NC[C@@H]3COc4ccccc4O3)c12. The van der Waals surface area contributed by atoms with Crippen LogP contribution in [0.15, 0.2) is 30.6 Å². The number of carboxylic acids is 1. The van der Waals surface area contributed by atoms with Gasteiger partial charge in [0.2, 0.25) is 0 Å². The van der Waals surface area contributed by atoms with Crippen LogP contribution in [0.3, 0.4) is 0 Å². The fourth-order valence-corrected chi connectivity index (χ4v) is 3.77. The van der Waals surface area contributed by atoms with Crippen LogP contribution in [0.5, 0.6) is 11.5 Å². The lowest BCUT2D eigenvalue weighted by atomic mass is 10.2.